The number of rotatable bonds is 4. The third-order valence-electron chi connectivity index (χ3n) is 4.20. The molecule has 2 nitrogen and oxygen atoms in total. The number of ether oxygens (including phenoxy) is 2. The van der Waals surface area contributed by atoms with Crippen LogP contribution in [0.3, 0.4) is 0 Å². The molecule has 0 aliphatic heterocycles. The Morgan fingerprint density at radius 2 is 1.65 bits per heavy atom. The minimum atomic E-state index is -0.233. The Morgan fingerprint density at radius 1 is 1.06 bits per heavy atom. The van der Waals surface area contributed by atoms with Gasteiger partial charge in [0, 0.05) is 12.5 Å². The lowest BCUT2D eigenvalue weighted by Crippen LogP contribution is -2.42. The lowest BCUT2D eigenvalue weighted by Gasteiger charge is -2.42. The Bertz CT molecular complexity index is 352. The molecule has 1 aliphatic rings. The highest BCUT2D eigenvalue weighted by atomic mass is 16.5. The topological polar surface area (TPSA) is 18.5 Å². The molecular weight excluding hydrogens is 212 g/mol. The monoisotopic (exact) mass is 238 g/mol. The van der Waals surface area contributed by atoms with Crippen LogP contribution in [0.2, 0.25) is 0 Å². The van der Waals surface area contributed by atoms with Gasteiger partial charge in [0.1, 0.15) is 5.76 Å². The molecule has 0 bridgehead atoms. The summed E-state index contributed by atoms with van der Waals surface area (Å²) >= 11 is 0. The molecule has 0 radical (unpaired) electrons. The lowest BCUT2D eigenvalue weighted by atomic mass is 9.74. The molecule has 1 aliphatic carbocycles. The summed E-state index contributed by atoms with van der Waals surface area (Å²) in [5.74, 6) is 1.36. The maximum atomic E-state index is 6.02. The number of allylic oxidation sites excluding steroid dienone is 2. The van der Waals surface area contributed by atoms with Crippen molar-refractivity contribution in [3.63, 3.8) is 0 Å². The van der Waals surface area contributed by atoms with E-state index in [0.29, 0.717) is 6.61 Å². The zero-order chi connectivity index (χ0) is 13.2. The van der Waals surface area contributed by atoms with Gasteiger partial charge in [0.25, 0.3) is 0 Å². The SMILES string of the molecule is CCOC1=C(C)C(C)=C(C)C(C)(OCC)C1C. The molecule has 2 heteroatoms. The Kier molecular flexibility index (Phi) is 4.42. The predicted molar refractivity (Wildman–Crippen MR) is 71.9 cm³/mol. The first-order valence-corrected chi connectivity index (χ1v) is 6.55. The maximum Gasteiger partial charge on any atom is 0.105 e. The van der Waals surface area contributed by atoms with Gasteiger partial charge in [-0.05, 0) is 58.3 Å². The summed E-state index contributed by atoms with van der Waals surface area (Å²) in [4.78, 5) is 0. The average Bonchev–Trinajstić information content (AvgIpc) is 2.31. The van der Waals surface area contributed by atoms with Gasteiger partial charge in [-0.3, -0.25) is 0 Å². The van der Waals surface area contributed by atoms with E-state index in [0.717, 1.165) is 12.4 Å². The van der Waals surface area contributed by atoms with Crippen LogP contribution in [0, 0.1) is 5.92 Å². The molecule has 0 saturated carbocycles. The smallest absolute Gasteiger partial charge is 0.105 e. The molecular formula is C15H26O2. The van der Waals surface area contributed by atoms with Crippen molar-refractivity contribution in [1.29, 1.82) is 0 Å². The molecule has 0 heterocycles. The summed E-state index contributed by atoms with van der Waals surface area (Å²) in [5, 5.41) is 0. The standard InChI is InChI=1S/C15H26O2/c1-8-16-14-11(4)10(3)12(5)15(7,13(14)6)17-9-2/h13H,8-9H2,1-7H3. The molecule has 2 unspecified atom stereocenters. The molecule has 0 saturated heterocycles. The van der Waals surface area contributed by atoms with Gasteiger partial charge in [-0.2, -0.15) is 0 Å². The van der Waals surface area contributed by atoms with Crippen LogP contribution in [0.1, 0.15) is 48.5 Å². The summed E-state index contributed by atoms with van der Waals surface area (Å²) in [5.41, 5.74) is 3.67. The highest BCUT2D eigenvalue weighted by molar-refractivity contribution is 5.44. The Morgan fingerprint density at radius 3 is 2.12 bits per heavy atom. The number of hydrogen-bond donors (Lipinski definition) is 0. The quantitative estimate of drug-likeness (QED) is 0.734. The van der Waals surface area contributed by atoms with Gasteiger partial charge in [0.05, 0.1) is 12.2 Å². The molecule has 0 aromatic carbocycles. The van der Waals surface area contributed by atoms with Crippen molar-refractivity contribution in [1.82, 2.24) is 0 Å². The lowest BCUT2D eigenvalue weighted by molar-refractivity contribution is -0.0428. The first-order valence-electron chi connectivity index (χ1n) is 6.55. The van der Waals surface area contributed by atoms with Crippen LogP contribution < -0.4 is 0 Å². The molecule has 98 valence electrons. The van der Waals surface area contributed by atoms with Crippen molar-refractivity contribution in [2.45, 2.75) is 54.1 Å². The average molecular weight is 238 g/mol. The van der Waals surface area contributed by atoms with Gasteiger partial charge < -0.3 is 9.47 Å². The molecule has 0 N–H and O–H groups in total. The molecule has 0 aromatic heterocycles. The molecule has 1 rings (SSSR count). The zero-order valence-corrected chi connectivity index (χ0v) is 12.3. The minimum absolute atomic E-state index is 0.233. The third-order valence-corrected chi connectivity index (χ3v) is 4.20. The van der Waals surface area contributed by atoms with Crippen LogP contribution in [0.5, 0.6) is 0 Å². The molecule has 2 atom stereocenters. The van der Waals surface area contributed by atoms with E-state index in [-0.39, 0.29) is 11.5 Å². The van der Waals surface area contributed by atoms with Crippen LogP contribution in [0.4, 0.5) is 0 Å². The van der Waals surface area contributed by atoms with E-state index in [1.165, 1.54) is 16.7 Å². The van der Waals surface area contributed by atoms with Crippen LogP contribution >= 0.6 is 0 Å². The van der Waals surface area contributed by atoms with E-state index < -0.39 is 0 Å². The summed E-state index contributed by atoms with van der Waals surface area (Å²) in [7, 11) is 0. The van der Waals surface area contributed by atoms with Gasteiger partial charge in [0.2, 0.25) is 0 Å². The van der Waals surface area contributed by atoms with Gasteiger partial charge >= 0.3 is 0 Å². The van der Waals surface area contributed by atoms with Crippen molar-refractivity contribution in [2.24, 2.45) is 5.92 Å². The third kappa shape index (κ3) is 2.28. The van der Waals surface area contributed by atoms with Crippen molar-refractivity contribution in [3.05, 3.63) is 22.5 Å². The zero-order valence-electron chi connectivity index (χ0n) is 12.3. The molecule has 17 heavy (non-hydrogen) atoms. The van der Waals surface area contributed by atoms with Gasteiger partial charge in [-0.1, -0.05) is 6.92 Å². The summed E-state index contributed by atoms with van der Waals surface area (Å²) in [6.45, 7) is 16.4. The van der Waals surface area contributed by atoms with E-state index in [9.17, 15) is 0 Å². The Hall–Kier alpha value is -0.760. The maximum absolute atomic E-state index is 6.02. The molecule has 0 spiro atoms. The summed E-state index contributed by atoms with van der Waals surface area (Å²) < 4.78 is 11.9. The summed E-state index contributed by atoms with van der Waals surface area (Å²) in [6, 6.07) is 0. The Labute approximate surface area is 106 Å². The van der Waals surface area contributed by atoms with E-state index >= 15 is 0 Å². The largest absolute Gasteiger partial charge is 0.498 e. The first-order chi connectivity index (χ1) is 7.90. The predicted octanol–water partition coefficient (Wildman–Crippen LogP) is 4.08. The van der Waals surface area contributed by atoms with Crippen molar-refractivity contribution >= 4 is 0 Å². The van der Waals surface area contributed by atoms with E-state index in [1.54, 1.807) is 0 Å². The van der Waals surface area contributed by atoms with Crippen LogP contribution in [-0.2, 0) is 9.47 Å². The fourth-order valence-electron chi connectivity index (χ4n) is 2.66. The fraction of sp³-hybridized carbons (Fsp3) is 0.733. The van der Waals surface area contributed by atoms with E-state index in [2.05, 4.69) is 34.6 Å². The second-order valence-corrected chi connectivity index (χ2v) is 4.93. The van der Waals surface area contributed by atoms with Gasteiger partial charge in [0.15, 0.2) is 0 Å². The Balaban J connectivity index is 3.25. The molecule has 0 amide bonds. The van der Waals surface area contributed by atoms with Crippen LogP contribution in [0.15, 0.2) is 22.5 Å². The van der Waals surface area contributed by atoms with Crippen molar-refractivity contribution in [3.8, 4) is 0 Å². The van der Waals surface area contributed by atoms with Crippen molar-refractivity contribution < 1.29 is 9.47 Å². The summed E-state index contributed by atoms with van der Waals surface area (Å²) in [6.07, 6.45) is 0. The van der Waals surface area contributed by atoms with Crippen molar-refractivity contribution in [2.75, 3.05) is 13.2 Å². The van der Waals surface area contributed by atoms with E-state index in [1.807, 2.05) is 13.8 Å². The highest BCUT2D eigenvalue weighted by Crippen LogP contribution is 2.43. The van der Waals surface area contributed by atoms with Crippen LogP contribution in [0.25, 0.3) is 0 Å². The van der Waals surface area contributed by atoms with Gasteiger partial charge in [-0.25, -0.2) is 0 Å². The van der Waals surface area contributed by atoms with Gasteiger partial charge in [-0.15, -0.1) is 0 Å². The van der Waals surface area contributed by atoms with Crippen LogP contribution in [-0.4, -0.2) is 18.8 Å². The second-order valence-electron chi connectivity index (χ2n) is 4.93. The molecule has 0 fully saturated rings. The molecule has 0 aromatic rings. The minimum Gasteiger partial charge on any atom is -0.498 e. The normalized spacial score (nSPS) is 29.9. The second kappa shape index (κ2) is 5.26. The van der Waals surface area contributed by atoms with E-state index in [4.69, 9.17) is 9.47 Å². The number of hydrogen-bond acceptors (Lipinski definition) is 2. The fourth-order valence-corrected chi connectivity index (χ4v) is 2.66. The highest BCUT2D eigenvalue weighted by Gasteiger charge is 2.41. The first kappa shape index (κ1) is 14.3.